The number of ether oxygens (including phenoxy) is 1. The second-order valence-corrected chi connectivity index (χ2v) is 5.21. The van der Waals surface area contributed by atoms with E-state index >= 15 is 0 Å². The summed E-state index contributed by atoms with van der Waals surface area (Å²) >= 11 is 0. The highest BCUT2D eigenvalue weighted by Gasteiger charge is 2.39. The molecule has 1 heterocycles. The monoisotopic (exact) mass is 217 g/mol. The zero-order valence-electron chi connectivity index (χ0n) is 9.61. The van der Waals surface area contributed by atoms with Gasteiger partial charge in [-0.1, -0.05) is 30.3 Å². The molecule has 2 fully saturated rings. The first kappa shape index (κ1) is 10.3. The number of hydrogen-bond acceptors (Lipinski definition) is 2. The van der Waals surface area contributed by atoms with Gasteiger partial charge >= 0.3 is 0 Å². The molecule has 2 nitrogen and oxygen atoms in total. The van der Waals surface area contributed by atoms with Gasteiger partial charge in [0.05, 0.1) is 6.61 Å². The van der Waals surface area contributed by atoms with Gasteiger partial charge in [0.1, 0.15) is 0 Å². The highest BCUT2D eigenvalue weighted by Crippen LogP contribution is 2.32. The zero-order chi connectivity index (χ0) is 10.8. The first-order chi connectivity index (χ1) is 7.89. The number of nitrogens with one attached hydrogen (secondary N) is 1. The maximum atomic E-state index is 5.88. The van der Waals surface area contributed by atoms with Gasteiger partial charge in [0.2, 0.25) is 0 Å². The first-order valence-electron chi connectivity index (χ1n) is 6.23. The SMILES string of the molecule is c1ccc(C2(COCC3CC3)CNC2)cc1. The van der Waals surface area contributed by atoms with Gasteiger partial charge < -0.3 is 10.1 Å². The molecular weight excluding hydrogens is 198 g/mol. The van der Waals surface area contributed by atoms with Gasteiger partial charge in [0, 0.05) is 25.1 Å². The Morgan fingerprint density at radius 1 is 1.19 bits per heavy atom. The van der Waals surface area contributed by atoms with Gasteiger partial charge in [-0.05, 0) is 24.3 Å². The van der Waals surface area contributed by atoms with E-state index in [-0.39, 0.29) is 5.41 Å². The van der Waals surface area contributed by atoms with Crippen molar-refractivity contribution in [3.8, 4) is 0 Å². The lowest BCUT2D eigenvalue weighted by Crippen LogP contribution is -2.59. The molecule has 1 aromatic rings. The molecule has 3 rings (SSSR count). The van der Waals surface area contributed by atoms with Crippen LogP contribution in [0.1, 0.15) is 18.4 Å². The van der Waals surface area contributed by atoms with Crippen LogP contribution in [0.3, 0.4) is 0 Å². The minimum Gasteiger partial charge on any atom is -0.380 e. The first-order valence-corrected chi connectivity index (χ1v) is 6.23. The van der Waals surface area contributed by atoms with E-state index < -0.39 is 0 Å². The third-order valence-electron chi connectivity index (χ3n) is 3.74. The lowest BCUT2D eigenvalue weighted by Gasteiger charge is -2.43. The highest BCUT2D eigenvalue weighted by atomic mass is 16.5. The van der Waals surface area contributed by atoms with E-state index in [4.69, 9.17) is 4.74 Å². The van der Waals surface area contributed by atoms with Crippen LogP contribution in [0.25, 0.3) is 0 Å². The van der Waals surface area contributed by atoms with E-state index in [0.29, 0.717) is 0 Å². The van der Waals surface area contributed by atoms with Crippen LogP contribution in [0.2, 0.25) is 0 Å². The number of hydrogen-bond donors (Lipinski definition) is 1. The summed E-state index contributed by atoms with van der Waals surface area (Å²) in [5.74, 6) is 0.862. The van der Waals surface area contributed by atoms with Gasteiger partial charge in [-0.25, -0.2) is 0 Å². The molecule has 2 aliphatic rings. The van der Waals surface area contributed by atoms with Gasteiger partial charge in [0.25, 0.3) is 0 Å². The van der Waals surface area contributed by atoms with Crippen LogP contribution >= 0.6 is 0 Å². The lowest BCUT2D eigenvalue weighted by molar-refractivity contribution is 0.0515. The predicted octanol–water partition coefficient (Wildman–Crippen LogP) is 1.95. The molecule has 86 valence electrons. The third kappa shape index (κ3) is 2.00. The molecule has 1 aliphatic heterocycles. The van der Waals surface area contributed by atoms with Gasteiger partial charge in [-0.2, -0.15) is 0 Å². The van der Waals surface area contributed by atoms with Crippen molar-refractivity contribution in [3.05, 3.63) is 35.9 Å². The minimum atomic E-state index is 0.246. The Morgan fingerprint density at radius 3 is 2.50 bits per heavy atom. The number of rotatable bonds is 5. The van der Waals surface area contributed by atoms with Gasteiger partial charge in [0.15, 0.2) is 0 Å². The van der Waals surface area contributed by atoms with Crippen molar-refractivity contribution < 1.29 is 4.74 Å². The molecule has 0 unspecified atom stereocenters. The Labute approximate surface area is 97.0 Å². The summed E-state index contributed by atoms with van der Waals surface area (Å²) in [5.41, 5.74) is 1.67. The van der Waals surface area contributed by atoms with Crippen molar-refractivity contribution >= 4 is 0 Å². The van der Waals surface area contributed by atoms with Crippen molar-refractivity contribution in [2.75, 3.05) is 26.3 Å². The molecule has 0 spiro atoms. The maximum absolute atomic E-state index is 5.88. The zero-order valence-corrected chi connectivity index (χ0v) is 9.61. The summed E-state index contributed by atoms with van der Waals surface area (Å²) < 4.78 is 5.88. The molecule has 0 radical (unpaired) electrons. The van der Waals surface area contributed by atoms with Gasteiger partial charge in [-0.3, -0.25) is 0 Å². The fourth-order valence-electron chi connectivity index (χ4n) is 2.31. The van der Waals surface area contributed by atoms with Crippen LogP contribution in [-0.4, -0.2) is 26.3 Å². The topological polar surface area (TPSA) is 21.3 Å². The van der Waals surface area contributed by atoms with Crippen LogP contribution in [0.4, 0.5) is 0 Å². The fraction of sp³-hybridized carbons (Fsp3) is 0.571. The van der Waals surface area contributed by atoms with Gasteiger partial charge in [-0.15, -0.1) is 0 Å². The van der Waals surface area contributed by atoms with E-state index in [9.17, 15) is 0 Å². The van der Waals surface area contributed by atoms with Crippen molar-refractivity contribution in [1.29, 1.82) is 0 Å². The summed E-state index contributed by atoms with van der Waals surface area (Å²) in [6, 6.07) is 10.8. The van der Waals surface area contributed by atoms with E-state index in [0.717, 1.165) is 32.2 Å². The van der Waals surface area contributed by atoms with Crippen LogP contribution < -0.4 is 5.32 Å². The van der Waals surface area contributed by atoms with E-state index in [1.165, 1.54) is 18.4 Å². The third-order valence-corrected chi connectivity index (χ3v) is 3.74. The Hall–Kier alpha value is -0.860. The average molecular weight is 217 g/mol. The molecule has 1 saturated heterocycles. The van der Waals surface area contributed by atoms with Crippen molar-refractivity contribution in [2.45, 2.75) is 18.3 Å². The molecule has 0 atom stereocenters. The average Bonchev–Trinajstić information content (AvgIpc) is 3.07. The molecule has 0 bridgehead atoms. The summed E-state index contributed by atoms with van der Waals surface area (Å²) in [6.45, 7) is 3.96. The van der Waals surface area contributed by atoms with Crippen molar-refractivity contribution in [1.82, 2.24) is 5.32 Å². The smallest absolute Gasteiger partial charge is 0.0587 e. The van der Waals surface area contributed by atoms with Crippen molar-refractivity contribution in [3.63, 3.8) is 0 Å². The Balaban J connectivity index is 1.63. The van der Waals surface area contributed by atoms with Crippen molar-refractivity contribution in [2.24, 2.45) is 5.92 Å². The van der Waals surface area contributed by atoms with Crippen LogP contribution in [0.5, 0.6) is 0 Å². The largest absolute Gasteiger partial charge is 0.380 e. The fourth-order valence-corrected chi connectivity index (χ4v) is 2.31. The molecule has 1 aromatic carbocycles. The summed E-state index contributed by atoms with van der Waals surface area (Å²) in [7, 11) is 0. The molecular formula is C14H19NO. The predicted molar refractivity (Wildman–Crippen MR) is 64.5 cm³/mol. The normalized spacial score (nSPS) is 22.8. The molecule has 1 saturated carbocycles. The highest BCUT2D eigenvalue weighted by molar-refractivity contribution is 5.29. The molecule has 0 amide bonds. The number of benzene rings is 1. The molecule has 0 aromatic heterocycles. The second kappa shape index (κ2) is 4.19. The van der Waals surface area contributed by atoms with Crippen LogP contribution in [0, 0.1) is 5.92 Å². The maximum Gasteiger partial charge on any atom is 0.0587 e. The molecule has 16 heavy (non-hydrogen) atoms. The van der Waals surface area contributed by atoms with Crippen LogP contribution in [0.15, 0.2) is 30.3 Å². The second-order valence-electron chi connectivity index (χ2n) is 5.21. The molecule has 1 N–H and O–H groups in total. The Morgan fingerprint density at radius 2 is 1.94 bits per heavy atom. The standard InChI is InChI=1S/C14H19NO/c1-2-4-13(5-3-1)14(9-15-10-14)11-16-8-12-6-7-12/h1-5,12,15H,6-11H2. The Kier molecular flexibility index (Phi) is 2.70. The van der Waals surface area contributed by atoms with Crippen LogP contribution in [-0.2, 0) is 10.2 Å². The lowest BCUT2D eigenvalue weighted by atomic mass is 9.76. The van der Waals surface area contributed by atoms with E-state index in [2.05, 4.69) is 35.6 Å². The Bertz CT molecular complexity index is 341. The van der Waals surface area contributed by atoms with E-state index in [1.54, 1.807) is 0 Å². The molecule has 1 aliphatic carbocycles. The van der Waals surface area contributed by atoms with E-state index in [1.807, 2.05) is 0 Å². The quantitative estimate of drug-likeness (QED) is 0.814. The molecule has 2 heteroatoms. The minimum absolute atomic E-state index is 0.246. The summed E-state index contributed by atoms with van der Waals surface area (Å²) in [5, 5.41) is 3.37. The summed E-state index contributed by atoms with van der Waals surface area (Å²) in [6.07, 6.45) is 2.74. The summed E-state index contributed by atoms with van der Waals surface area (Å²) in [4.78, 5) is 0.